The summed E-state index contributed by atoms with van der Waals surface area (Å²) < 4.78 is 11.9. The van der Waals surface area contributed by atoms with E-state index in [1.54, 1.807) is 30.2 Å². The van der Waals surface area contributed by atoms with Gasteiger partial charge in [-0.1, -0.05) is 11.8 Å². The van der Waals surface area contributed by atoms with Crippen molar-refractivity contribution in [3.8, 4) is 11.5 Å². The molecule has 0 spiro atoms. The molecular formula is C14H17NO2S2. The van der Waals surface area contributed by atoms with Crippen LogP contribution < -0.4 is 9.47 Å². The van der Waals surface area contributed by atoms with Crippen LogP contribution in [0.2, 0.25) is 0 Å². The quantitative estimate of drug-likeness (QED) is 0.570. The molecule has 0 aliphatic heterocycles. The molecule has 0 saturated heterocycles. The van der Waals surface area contributed by atoms with Crippen molar-refractivity contribution in [2.24, 2.45) is 0 Å². The Labute approximate surface area is 122 Å². The van der Waals surface area contributed by atoms with Gasteiger partial charge in [-0.25, -0.2) is 4.98 Å². The van der Waals surface area contributed by atoms with Gasteiger partial charge in [0.25, 0.3) is 0 Å². The Morgan fingerprint density at radius 1 is 1.21 bits per heavy atom. The van der Waals surface area contributed by atoms with Crippen LogP contribution in [0.25, 0.3) is 0 Å². The van der Waals surface area contributed by atoms with E-state index in [9.17, 15) is 0 Å². The number of hydrogen-bond acceptors (Lipinski definition) is 5. The molecule has 19 heavy (non-hydrogen) atoms. The summed E-state index contributed by atoms with van der Waals surface area (Å²) in [6.45, 7) is 2.75. The predicted octanol–water partition coefficient (Wildman–Crippen LogP) is 4.02. The average Bonchev–Trinajstić information content (AvgIpc) is 2.85. The van der Waals surface area contributed by atoms with E-state index in [0.29, 0.717) is 0 Å². The Balaban J connectivity index is 1.63. The van der Waals surface area contributed by atoms with Crippen LogP contribution in [0.4, 0.5) is 0 Å². The monoisotopic (exact) mass is 295 g/mol. The van der Waals surface area contributed by atoms with E-state index in [1.165, 1.54) is 0 Å². The number of nitrogens with zero attached hydrogens (tertiary/aromatic N) is 1. The highest BCUT2D eigenvalue weighted by Gasteiger charge is 2.00. The third-order valence-electron chi connectivity index (χ3n) is 2.44. The maximum Gasteiger partial charge on any atom is 0.150 e. The molecule has 3 nitrogen and oxygen atoms in total. The zero-order chi connectivity index (χ0) is 13.5. The van der Waals surface area contributed by atoms with E-state index in [1.807, 2.05) is 31.2 Å². The molecule has 0 unspecified atom stereocenters. The van der Waals surface area contributed by atoms with E-state index < -0.39 is 0 Å². The van der Waals surface area contributed by atoms with E-state index in [2.05, 4.69) is 10.4 Å². The van der Waals surface area contributed by atoms with Gasteiger partial charge in [-0.15, -0.1) is 11.3 Å². The third-order valence-corrected chi connectivity index (χ3v) is 4.67. The molecule has 2 aromatic rings. The lowest BCUT2D eigenvalue weighted by Crippen LogP contribution is -1.98. The number of aromatic nitrogens is 1. The fourth-order valence-electron chi connectivity index (χ4n) is 1.48. The van der Waals surface area contributed by atoms with Crippen LogP contribution in [0.1, 0.15) is 12.1 Å². The summed E-state index contributed by atoms with van der Waals surface area (Å²) in [5.41, 5.74) is 1.10. The van der Waals surface area contributed by atoms with Crippen LogP contribution in [0.3, 0.4) is 0 Å². The fourth-order valence-corrected chi connectivity index (χ4v) is 3.31. The van der Waals surface area contributed by atoms with Crippen molar-refractivity contribution in [2.75, 3.05) is 19.5 Å². The largest absolute Gasteiger partial charge is 0.497 e. The number of aryl methyl sites for hydroxylation is 1. The lowest BCUT2D eigenvalue weighted by molar-refractivity contribution is 0.318. The fraction of sp³-hybridized carbons (Fsp3) is 0.357. The van der Waals surface area contributed by atoms with Gasteiger partial charge in [-0.3, -0.25) is 0 Å². The predicted molar refractivity (Wildman–Crippen MR) is 80.7 cm³/mol. The van der Waals surface area contributed by atoms with Gasteiger partial charge >= 0.3 is 0 Å². The van der Waals surface area contributed by atoms with Crippen molar-refractivity contribution in [2.45, 2.75) is 17.7 Å². The van der Waals surface area contributed by atoms with Crippen LogP contribution in [-0.4, -0.2) is 24.5 Å². The zero-order valence-electron chi connectivity index (χ0n) is 11.1. The number of thiazole rings is 1. The Kier molecular flexibility index (Phi) is 5.54. The molecule has 0 aliphatic carbocycles. The Hall–Kier alpha value is -1.20. The molecular weight excluding hydrogens is 278 g/mol. The molecule has 5 heteroatoms. The molecule has 0 aliphatic rings. The summed E-state index contributed by atoms with van der Waals surface area (Å²) in [5, 5.41) is 2.08. The van der Waals surface area contributed by atoms with Crippen LogP contribution in [-0.2, 0) is 0 Å². The van der Waals surface area contributed by atoms with Gasteiger partial charge in [-0.2, -0.15) is 0 Å². The summed E-state index contributed by atoms with van der Waals surface area (Å²) in [7, 11) is 1.66. The van der Waals surface area contributed by atoms with Gasteiger partial charge < -0.3 is 9.47 Å². The molecule has 1 aromatic carbocycles. The first-order valence-electron chi connectivity index (χ1n) is 6.10. The topological polar surface area (TPSA) is 31.4 Å². The maximum atomic E-state index is 5.66. The molecule has 0 amide bonds. The highest BCUT2D eigenvalue weighted by Crippen LogP contribution is 2.23. The summed E-state index contributed by atoms with van der Waals surface area (Å²) in [6, 6.07) is 7.66. The summed E-state index contributed by atoms with van der Waals surface area (Å²) in [6.07, 6.45) is 1.01. The molecule has 102 valence electrons. The summed E-state index contributed by atoms with van der Waals surface area (Å²) in [4.78, 5) is 4.41. The molecule has 0 N–H and O–H groups in total. The van der Waals surface area contributed by atoms with Gasteiger partial charge in [0.05, 0.1) is 13.7 Å². The second kappa shape index (κ2) is 7.40. The molecule has 0 saturated carbocycles. The Bertz CT molecular complexity index is 496. The van der Waals surface area contributed by atoms with Crippen LogP contribution >= 0.6 is 23.1 Å². The van der Waals surface area contributed by atoms with Crippen molar-refractivity contribution in [1.29, 1.82) is 0 Å². The van der Waals surface area contributed by atoms with Crippen LogP contribution in [0.15, 0.2) is 34.0 Å². The van der Waals surface area contributed by atoms with E-state index >= 15 is 0 Å². The van der Waals surface area contributed by atoms with Crippen molar-refractivity contribution < 1.29 is 9.47 Å². The molecule has 2 rings (SSSR count). The average molecular weight is 295 g/mol. The zero-order valence-corrected chi connectivity index (χ0v) is 12.7. The molecule has 0 atom stereocenters. The number of thioether (sulfide) groups is 1. The first kappa shape index (κ1) is 14.2. The molecule has 0 bridgehead atoms. The van der Waals surface area contributed by atoms with Gasteiger partial charge in [0, 0.05) is 16.8 Å². The maximum absolute atomic E-state index is 5.66. The number of rotatable bonds is 7. The van der Waals surface area contributed by atoms with Gasteiger partial charge in [0.2, 0.25) is 0 Å². The number of ether oxygens (including phenoxy) is 2. The standard InChI is InChI=1S/C14H17NO2S2/c1-11-10-19-14(15-11)18-9-3-8-17-13-6-4-12(16-2)5-7-13/h4-7,10H,3,8-9H2,1-2H3. The Morgan fingerprint density at radius 3 is 2.58 bits per heavy atom. The number of methoxy groups -OCH3 is 1. The minimum Gasteiger partial charge on any atom is -0.497 e. The van der Waals surface area contributed by atoms with Crippen molar-refractivity contribution in [3.63, 3.8) is 0 Å². The van der Waals surface area contributed by atoms with E-state index in [4.69, 9.17) is 9.47 Å². The first-order valence-corrected chi connectivity index (χ1v) is 7.96. The molecule has 1 aromatic heterocycles. The van der Waals surface area contributed by atoms with Crippen LogP contribution in [0, 0.1) is 6.92 Å². The SMILES string of the molecule is COc1ccc(OCCCSc2nc(C)cs2)cc1. The molecule has 0 radical (unpaired) electrons. The van der Waals surface area contributed by atoms with Crippen molar-refractivity contribution in [3.05, 3.63) is 35.3 Å². The van der Waals surface area contributed by atoms with Crippen molar-refractivity contribution >= 4 is 23.1 Å². The molecule has 1 heterocycles. The van der Waals surface area contributed by atoms with Gasteiger partial charge in [0.1, 0.15) is 15.8 Å². The minimum absolute atomic E-state index is 0.726. The highest BCUT2D eigenvalue weighted by molar-refractivity contribution is 8.00. The Morgan fingerprint density at radius 2 is 1.95 bits per heavy atom. The van der Waals surface area contributed by atoms with Gasteiger partial charge in [-0.05, 0) is 37.6 Å². The second-order valence-corrected chi connectivity index (χ2v) is 6.18. The van der Waals surface area contributed by atoms with Gasteiger partial charge in [0.15, 0.2) is 0 Å². The third kappa shape index (κ3) is 4.76. The lowest BCUT2D eigenvalue weighted by Gasteiger charge is -2.06. The highest BCUT2D eigenvalue weighted by atomic mass is 32.2. The van der Waals surface area contributed by atoms with Crippen LogP contribution in [0.5, 0.6) is 11.5 Å². The molecule has 0 fully saturated rings. The second-order valence-electron chi connectivity index (χ2n) is 3.98. The van der Waals surface area contributed by atoms with Crippen molar-refractivity contribution in [1.82, 2.24) is 4.98 Å². The minimum atomic E-state index is 0.726. The van der Waals surface area contributed by atoms with E-state index in [-0.39, 0.29) is 0 Å². The number of benzene rings is 1. The smallest absolute Gasteiger partial charge is 0.150 e. The first-order chi connectivity index (χ1) is 9.28. The lowest BCUT2D eigenvalue weighted by atomic mass is 10.3. The van der Waals surface area contributed by atoms with E-state index in [0.717, 1.165) is 40.3 Å². The normalized spacial score (nSPS) is 10.4. The number of hydrogen-bond donors (Lipinski definition) is 0. The summed E-state index contributed by atoms with van der Waals surface area (Å²) in [5.74, 6) is 2.77. The summed E-state index contributed by atoms with van der Waals surface area (Å²) >= 11 is 3.50.